The van der Waals surface area contributed by atoms with Crippen molar-refractivity contribution in [2.45, 2.75) is 19.1 Å². The lowest BCUT2D eigenvalue weighted by Crippen LogP contribution is -2.34. The Morgan fingerprint density at radius 1 is 1.47 bits per heavy atom. The van der Waals surface area contributed by atoms with Gasteiger partial charge >= 0.3 is 0 Å². The third-order valence-corrected chi connectivity index (χ3v) is 3.42. The zero-order valence-electron chi connectivity index (χ0n) is 11.1. The van der Waals surface area contributed by atoms with Crippen molar-refractivity contribution in [1.29, 1.82) is 0 Å². The highest BCUT2D eigenvalue weighted by molar-refractivity contribution is 6.32. The highest BCUT2D eigenvalue weighted by Gasteiger charge is 2.21. The number of nitrogens with one attached hydrogen (secondary N) is 1. The molecule has 19 heavy (non-hydrogen) atoms. The summed E-state index contributed by atoms with van der Waals surface area (Å²) < 4.78 is 15.9. The number of rotatable bonds is 6. The van der Waals surface area contributed by atoms with Crippen molar-refractivity contribution in [3.8, 4) is 11.5 Å². The van der Waals surface area contributed by atoms with Gasteiger partial charge in [0.15, 0.2) is 11.5 Å². The zero-order valence-corrected chi connectivity index (χ0v) is 11.9. The number of hydrogen-bond acceptors (Lipinski definition) is 5. The van der Waals surface area contributed by atoms with E-state index in [2.05, 4.69) is 5.32 Å². The first-order chi connectivity index (χ1) is 9.15. The van der Waals surface area contributed by atoms with E-state index in [4.69, 9.17) is 31.5 Å². The van der Waals surface area contributed by atoms with E-state index in [1.54, 1.807) is 7.11 Å². The molecular weight excluding hydrogens is 268 g/mol. The van der Waals surface area contributed by atoms with Crippen molar-refractivity contribution in [3.63, 3.8) is 0 Å². The van der Waals surface area contributed by atoms with Crippen molar-refractivity contribution in [1.82, 2.24) is 5.32 Å². The van der Waals surface area contributed by atoms with E-state index in [-0.39, 0.29) is 18.9 Å². The minimum absolute atomic E-state index is 0.00426. The minimum atomic E-state index is 0.00426. The summed E-state index contributed by atoms with van der Waals surface area (Å²) in [5, 5.41) is 3.90. The molecule has 0 radical (unpaired) electrons. The maximum absolute atomic E-state index is 6.17. The van der Waals surface area contributed by atoms with E-state index in [0.29, 0.717) is 29.6 Å². The summed E-state index contributed by atoms with van der Waals surface area (Å²) in [4.78, 5) is 0. The fourth-order valence-corrected chi connectivity index (χ4v) is 2.19. The lowest BCUT2D eigenvalue weighted by molar-refractivity contribution is 0.114. The summed E-state index contributed by atoms with van der Waals surface area (Å²) in [5.74, 6) is 1.27. The number of benzene rings is 1. The van der Waals surface area contributed by atoms with Gasteiger partial charge in [-0.3, -0.25) is 0 Å². The topological polar surface area (TPSA) is 65.7 Å². The first-order valence-corrected chi connectivity index (χ1v) is 6.58. The van der Waals surface area contributed by atoms with Crippen LogP contribution in [0.1, 0.15) is 18.5 Å². The molecule has 0 amide bonds. The van der Waals surface area contributed by atoms with Gasteiger partial charge in [-0.1, -0.05) is 11.6 Å². The molecule has 0 aliphatic carbocycles. The Morgan fingerprint density at radius 3 is 2.95 bits per heavy atom. The number of nitrogens with two attached hydrogens (primary N) is 1. The largest absolute Gasteiger partial charge is 0.454 e. The van der Waals surface area contributed by atoms with Gasteiger partial charge in [0.1, 0.15) is 0 Å². The number of hydrogen-bond donors (Lipinski definition) is 2. The molecule has 0 fully saturated rings. The first-order valence-electron chi connectivity index (χ1n) is 6.21. The quantitative estimate of drug-likeness (QED) is 0.833. The third-order valence-electron chi connectivity index (χ3n) is 3.14. The lowest BCUT2D eigenvalue weighted by Gasteiger charge is -2.20. The second-order valence-electron chi connectivity index (χ2n) is 4.48. The molecule has 5 nitrogen and oxygen atoms in total. The van der Waals surface area contributed by atoms with E-state index < -0.39 is 0 Å². The fraction of sp³-hybridized carbons (Fsp3) is 0.538. The first kappa shape index (κ1) is 14.4. The van der Waals surface area contributed by atoms with Crippen LogP contribution in [0.2, 0.25) is 5.02 Å². The molecule has 106 valence electrons. The summed E-state index contributed by atoms with van der Waals surface area (Å²) in [6.45, 7) is 3.38. The number of methoxy groups -OCH3 is 1. The number of fused-ring (bicyclic) bond motifs is 1. The maximum Gasteiger partial charge on any atom is 0.231 e. The molecule has 0 bridgehead atoms. The second kappa shape index (κ2) is 6.43. The number of ether oxygens (including phenoxy) is 3. The minimum Gasteiger partial charge on any atom is -0.454 e. The molecule has 1 aromatic carbocycles. The van der Waals surface area contributed by atoms with E-state index in [0.717, 1.165) is 5.56 Å². The van der Waals surface area contributed by atoms with Gasteiger partial charge in [-0.05, 0) is 24.6 Å². The Balaban J connectivity index is 2.12. The third kappa shape index (κ3) is 3.30. The van der Waals surface area contributed by atoms with Gasteiger partial charge in [0.25, 0.3) is 0 Å². The highest BCUT2D eigenvalue weighted by atomic mass is 35.5. The highest BCUT2D eigenvalue weighted by Crippen LogP contribution is 2.40. The summed E-state index contributed by atoms with van der Waals surface area (Å²) >= 11 is 6.17. The van der Waals surface area contributed by atoms with Crippen LogP contribution in [-0.2, 0) is 4.74 Å². The Morgan fingerprint density at radius 2 is 2.26 bits per heavy atom. The van der Waals surface area contributed by atoms with Gasteiger partial charge in [0.05, 0.1) is 11.1 Å². The monoisotopic (exact) mass is 286 g/mol. The molecule has 1 aliphatic heterocycles. The van der Waals surface area contributed by atoms with Crippen molar-refractivity contribution >= 4 is 11.6 Å². The van der Waals surface area contributed by atoms with Crippen molar-refractivity contribution in [2.75, 3.05) is 27.0 Å². The van der Waals surface area contributed by atoms with E-state index in [9.17, 15) is 0 Å². The van der Waals surface area contributed by atoms with Gasteiger partial charge in [0, 0.05) is 26.2 Å². The Labute approximate surface area is 118 Å². The average Bonchev–Trinajstić information content (AvgIpc) is 2.88. The van der Waals surface area contributed by atoms with Crippen LogP contribution in [0.25, 0.3) is 0 Å². The second-order valence-corrected chi connectivity index (χ2v) is 4.89. The van der Waals surface area contributed by atoms with Crippen LogP contribution in [0.4, 0.5) is 0 Å². The van der Waals surface area contributed by atoms with Crippen molar-refractivity contribution < 1.29 is 14.2 Å². The molecule has 3 N–H and O–H groups in total. The molecule has 0 spiro atoms. The summed E-state index contributed by atoms with van der Waals surface area (Å²) in [6.07, 6.45) is 0.124. The molecule has 1 heterocycles. The van der Waals surface area contributed by atoms with Crippen LogP contribution in [-0.4, -0.2) is 33.1 Å². The Hall–Kier alpha value is -1.01. The van der Waals surface area contributed by atoms with Crippen LogP contribution < -0.4 is 20.5 Å². The SMILES string of the molecule is COC(C)CNC(CN)c1cc(Cl)c2c(c1)OCO2. The van der Waals surface area contributed by atoms with Crippen molar-refractivity contribution in [3.05, 3.63) is 22.7 Å². The standard InChI is InChI=1S/C13H19ClN2O3/c1-8(17-2)6-16-11(5-15)9-3-10(14)13-12(4-9)18-7-19-13/h3-4,8,11,16H,5-7,15H2,1-2H3. The van der Waals surface area contributed by atoms with Gasteiger partial charge in [-0.15, -0.1) is 0 Å². The van der Waals surface area contributed by atoms with Crippen LogP contribution in [0.3, 0.4) is 0 Å². The zero-order chi connectivity index (χ0) is 13.8. The van der Waals surface area contributed by atoms with Crippen LogP contribution >= 0.6 is 11.6 Å². The van der Waals surface area contributed by atoms with E-state index >= 15 is 0 Å². The maximum atomic E-state index is 6.17. The van der Waals surface area contributed by atoms with Gasteiger partial charge < -0.3 is 25.3 Å². The van der Waals surface area contributed by atoms with Crippen LogP contribution in [0, 0.1) is 0 Å². The van der Waals surface area contributed by atoms with Crippen molar-refractivity contribution in [2.24, 2.45) is 5.73 Å². The molecule has 1 aliphatic rings. The predicted octanol–water partition coefficient (Wildman–Crippen LogP) is 1.69. The molecule has 0 aromatic heterocycles. The molecule has 2 atom stereocenters. The molecule has 2 rings (SSSR count). The van der Waals surface area contributed by atoms with Gasteiger partial charge in [-0.25, -0.2) is 0 Å². The fourth-order valence-electron chi connectivity index (χ4n) is 1.92. The lowest BCUT2D eigenvalue weighted by atomic mass is 10.1. The normalized spacial score (nSPS) is 16.4. The van der Waals surface area contributed by atoms with Crippen LogP contribution in [0.5, 0.6) is 11.5 Å². The van der Waals surface area contributed by atoms with Crippen LogP contribution in [0.15, 0.2) is 12.1 Å². The smallest absolute Gasteiger partial charge is 0.231 e. The van der Waals surface area contributed by atoms with Gasteiger partial charge in [-0.2, -0.15) is 0 Å². The average molecular weight is 287 g/mol. The Bertz CT molecular complexity index is 442. The van der Waals surface area contributed by atoms with Gasteiger partial charge in [0.2, 0.25) is 6.79 Å². The molecule has 2 unspecified atom stereocenters. The molecular formula is C13H19ClN2O3. The summed E-state index contributed by atoms with van der Waals surface area (Å²) in [5.41, 5.74) is 6.80. The molecule has 6 heteroatoms. The molecule has 1 aromatic rings. The number of halogens is 1. The molecule has 0 saturated carbocycles. The molecule has 0 saturated heterocycles. The van der Waals surface area contributed by atoms with E-state index in [1.165, 1.54) is 0 Å². The van der Waals surface area contributed by atoms with E-state index in [1.807, 2.05) is 19.1 Å². The predicted molar refractivity (Wildman–Crippen MR) is 73.8 cm³/mol. The summed E-state index contributed by atoms with van der Waals surface area (Å²) in [7, 11) is 1.68. The summed E-state index contributed by atoms with van der Waals surface area (Å²) in [6, 6.07) is 3.78. The Kier molecular flexibility index (Phi) is 4.87.